The van der Waals surface area contributed by atoms with Gasteiger partial charge in [-0.2, -0.15) is 5.10 Å². The van der Waals surface area contributed by atoms with Crippen LogP contribution in [-0.4, -0.2) is 14.8 Å². The van der Waals surface area contributed by atoms with E-state index >= 15 is 0 Å². The van der Waals surface area contributed by atoms with Crippen LogP contribution in [0.2, 0.25) is 0 Å². The maximum atomic E-state index is 4.30. The molecule has 3 rings (SSSR count). The topological polar surface area (TPSA) is 42.7 Å². The molecule has 4 nitrogen and oxygen atoms in total. The summed E-state index contributed by atoms with van der Waals surface area (Å²) in [5.41, 5.74) is 2.46. The highest BCUT2D eigenvalue weighted by atomic mass is 79.9. The molecule has 2 heterocycles. The lowest BCUT2D eigenvalue weighted by Gasteiger charge is -2.08. The Morgan fingerprint density at radius 2 is 2.00 bits per heavy atom. The molecule has 106 valence electrons. The van der Waals surface area contributed by atoms with Crippen molar-refractivity contribution in [2.75, 3.05) is 5.32 Å². The Kier molecular flexibility index (Phi) is 4.31. The summed E-state index contributed by atoms with van der Waals surface area (Å²) in [5, 5.41) is 7.55. The third kappa shape index (κ3) is 3.92. The van der Waals surface area contributed by atoms with Crippen molar-refractivity contribution in [3.8, 4) is 0 Å². The van der Waals surface area contributed by atoms with Crippen molar-refractivity contribution in [3.05, 3.63) is 76.7 Å². The molecule has 21 heavy (non-hydrogen) atoms. The van der Waals surface area contributed by atoms with Crippen LogP contribution in [0.4, 0.5) is 5.82 Å². The highest BCUT2D eigenvalue weighted by molar-refractivity contribution is 9.10. The van der Waals surface area contributed by atoms with Gasteiger partial charge in [0, 0.05) is 29.6 Å². The van der Waals surface area contributed by atoms with Crippen molar-refractivity contribution in [3.63, 3.8) is 0 Å². The number of aromatic nitrogens is 3. The molecule has 0 fully saturated rings. The maximum Gasteiger partial charge on any atom is 0.126 e. The number of hydrogen-bond donors (Lipinski definition) is 1. The van der Waals surface area contributed by atoms with E-state index in [9.17, 15) is 0 Å². The number of hydrogen-bond acceptors (Lipinski definition) is 3. The molecular formula is C16H15BrN4. The van der Waals surface area contributed by atoms with Gasteiger partial charge in [-0.1, -0.05) is 24.3 Å². The molecular weight excluding hydrogens is 328 g/mol. The highest BCUT2D eigenvalue weighted by Gasteiger charge is 1.99. The van der Waals surface area contributed by atoms with E-state index in [1.54, 1.807) is 12.4 Å². The summed E-state index contributed by atoms with van der Waals surface area (Å²) < 4.78 is 2.90. The standard InChI is InChI=1S/C16H15BrN4/c17-15-5-6-16(19-11-15)18-10-13-3-1-4-14(9-13)12-21-8-2-7-20-21/h1-9,11H,10,12H2,(H,18,19). The summed E-state index contributed by atoms with van der Waals surface area (Å²) in [6.07, 6.45) is 5.55. The monoisotopic (exact) mass is 342 g/mol. The molecule has 0 bridgehead atoms. The number of benzene rings is 1. The number of anilines is 1. The third-order valence-electron chi connectivity index (χ3n) is 3.10. The summed E-state index contributed by atoms with van der Waals surface area (Å²) >= 11 is 3.38. The van der Waals surface area contributed by atoms with Crippen LogP contribution in [0.3, 0.4) is 0 Å². The zero-order valence-corrected chi connectivity index (χ0v) is 13.0. The van der Waals surface area contributed by atoms with Gasteiger partial charge in [-0.05, 0) is 45.3 Å². The molecule has 0 atom stereocenters. The first kappa shape index (κ1) is 13.8. The molecule has 3 aromatic rings. The predicted molar refractivity (Wildman–Crippen MR) is 87.0 cm³/mol. The molecule has 0 aliphatic heterocycles. The number of pyridine rings is 1. The van der Waals surface area contributed by atoms with E-state index < -0.39 is 0 Å². The third-order valence-corrected chi connectivity index (χ3v) is 3.57. The molecule has 0 aliphatic rings. The zero-order chi connectivity index (χ0) is 14.5. The Bertz CT molecular complexity index is 693. The molecule has 0 aliphatic carbocycles. The van der Waals surface area contributed by atoms with Crippen molar-refractivity contribution in [1.82, 2.24) is 14.8 Å². The van der Waals surface area contributed by atoms with Gasteiger partial charge in [-0.3, -0.25) is 4.68 Å². The largest absolute Gasteiger partial charge is 0.366 e. The fourth-order valence-corrected chi connectivity index (χ4v) is 2.33. The van der Waals surface area contributed by atoms with E-state index in [0.717, 1.165) is 23.4 Å². The molecule has 0 saturated heterocycles. The molecule has 1 aromatic carbocycles. The predicted octanol–water partition coefficient (Wildman–Crippen LogP) is 3.70. The molecule has 5 heteroatoms. The van der Waals surface area contributed by atoms with Gasteiger partial charge in [0.25, 0.3) is 0 Å². The van der Waals surface area contributed by atoms with Crippen molar-refractivity contribution in [1.29, 1.82) is 0 Å². The fraction of sp³-hybridized carbons (Fsp3) is 0.125. The lowest BCUT2D eigenvalue weighted by molar-refractivity contribution is 0.686. The van der Waals surface area contributed by atoms with Crippen molar-refractivity contribution >= 4 is 21.7 Å². The fourth-order valence-electron chi connectivity index (χ4n) is 2.09. The highest BCUT2D eigenvalue weighted by Crippen LogP contribution is 2.12. The van der Waals surface area contributed by atoms with Crippen LogP contribution in [0.1, 0.15) is 11.1 Å². The molecule has 2 aromatic heterocycles. The maximum absolute atomic E-state index is 4.30. The molecule has 0 amide bonds. The molecule has 0 unspecified atom stereocenters. The van der Waals surface area contributed by atoms with Crippen molar-refractivity contribution in [2.45, 2.75) is 13.1 Å². The van der Waals surface area contributed by atoms with E-state index in [2.05, 4.69) is 55.6 Å². The summed E-state index contributed by atoms with van der Waals surface area (Å²) in [6.45, 7) is 1.54. The summed E-state index contributed by atoms with van der Waals surface area (Å²) in [5.74, 6) is 0.871. The van der Waals surface area contributed by atoms with Crippen LogP contribution in [0.15, 0.2) is 65.5 Å². The number of halogens is 1. The van der Waals surface area contributed by atoms with Crippen LogP contribution in [0.5, 0.6) is 0 Å². The minimum Gasteiger partial charge on any atom is -0.366 e. The second kappa shape index (κ2) is 6.54. The second-order valence-electron chi connectivity index (χ2n) is 4.74. The molecule has 0 spiro atoms. The normalized spacial score (nSPS) is 10.5. The average Bonchev–Trinajstić information content (AvgIpc) is 3.00. The van der Waals surface area contributed by atoms with Crippen LogP contribution >= 0.6 is 15.9 Å². The Morgan fingerprint density at radius 3 is 2.76 bits per heavy atom. The number of nitrogens with one attached hydrogen (secondary N) is 1. The smallest absolute Gasteiger partial charge is 0.126 e. The van der Waals surface area contributed by atoms with Crippen molar-refractivity contribution in [2.24, 2.45) is 0 Å². The van der Waals surface area contributed by atoms with E-state index in [1.807, 2.05) is 29.1 Å². The van der Waals surface area contributed by atoms with Crippen molar-refractivity contribution < 1.29 is 0 Å². The van der Waals surface area contributed by atoms with Crippen LogP contribution in [0, 0.1) is 0 Å². The average molecular weight is 343 g/mol. The van der Waals surface area contributed by atoms with E-state index in [4.69, 9.17) is 0 Å². The second-order valence-corrected chi connectivity index (χ2v) is 5.65. The molecule has 1 N–H and O–H groups in total. The number of nitrogens with zero attached hydrogens (tertiary/aromatic N) is 3. The summed E-state index contributed by atoms with van der Waals surface area (Å²) in [7, 11) is 0. The SMILES string of the molecule is Brc1ccc(NCc2cccc(Cn3cccn3)c2)nc1. The summed E-state index contributed by atoms with van der Waals surface area (Å²) in [4.78, 5) is 4.30. The Labute approximate surface area is 132 Å². The van der Waals surface area contributed by atoms with E-state index in [0.29, 0.717) is 0 Å². The van der Waals surface area contributed by atoms with Gasteiger partial charge in [0.2, 0.25) is 0 Å². The first-order valence-corrected chi connectivity index (χ1v) is 7.49. The Morgan fingerprint density at radius 1 is 1.10 bits per heavy atom. The number of rotatable bonds is 5. The minimum absolute atomic E-state index is 0.752. The van der Waals surface area contributed by atoms with E-state index in [-0.39, 0.29) is 0 Å². The van der Waals surface area contributed by atoms with Gasteiger partial charge >= 0.3 is 0 Å². The summed E-state index contributed by atoms with van der Waals surface area (Å²) in [6, 6.07) is 14.4. The van der Waals surface area contributed by atoms with Crippen LogP contribution < -0.4 is 5.32 Å². The molecule has 0 saturated carbocycles. The van der Waals surface area contributed by atoms with Crippen LogP contribution in [-0.2, 0) is 13.1 Å². The lowest BCUT2D eigenvalue weighted by atomic mass is 10.1. The quantitative estimate of drug-likeness (QED) is 0.768. The molecule has 0 radical (unpaired) electrons. The van der Waals surface area contributed by atoms with Gasteiger partial charge in [-0.25, -0.2) is 4.98 Å². The van der Waals surface area contributed by atoms with Gasteiger partial charge in [0.1, 0.15) is 5.82 Å². The van der Waals surface area contributed by atoms with Gasteiger partial charge < -0.3 is 5.32 Å². The minimum atomic E-state index is 0.752. The first-order valence-electron chi connectivity index (χ1n) is 6.70. The van der Waals surface area contributed by atoms with Crippen LogP contribution in [0.25, 0.3) is 0 Å². The Balaban J connectivity index is 1.64. The van der Waals surface area contributed by atoms with Gasteiger partial charge in [-0.15, -0.1) is 0 Å². The zero-order valence-electron chi connectivity index (χ0n) is 11.4. The van der Waals surface area contributed by atoms with Gasteiger partial charge in [0.05, 0.1) is 6.54 Å². The van der Waals surface area contributed by atoms with E-state index in [1.165, 1.54) is 11.1 Å². The van der Waals surface area contributed by atoms with Gasteiger partial charge in [0.15, 0.2) is 0 Å². The first-order chi connectivity index (χ1) is 10.3. The Hall–Kier alpha value is -2.14. The lowest BCUT2D eigenvalue weighted by Crippen LogP contribution is -2.03.